The fraction of sp³-hybridized carbons (Fsp3) is 0.471. The monoisotopic (exact) mass is 379 g/mol. The Bertz CT molecular complexity index is 950. The number of carboxylic acid groups (broad SMARTS) is 1. The average molecular weight is 379 g/mol. The highest BCUT2D eigenvalue weighted by atomic mass is 32.2. The van der Waals surface area contributed by atoms with Crippen molar-refractivity contribution in [2.45, 2.75) is 43.3 Å². The number of sulfone groups is 1. The minimum Gasteiger partial charge on any atom is -0.481 e. The van der Waals surface area contributed by atoms with Crippen molar-refractivity contribution in [3.8, 4) is 0 Å². The molecule has 1 saturated heterocycles. The number of hydrogen-bond donors (Lipinski definition) is 1. The summed E-state index contributed by atoms with van der Waals surface area (Å²) in [4.78, 5) is 29.8. The molecule has 1 atom stereocenters. The molecule has 26 heavy (non-hydrogen) atoms. The Hall–Kier alpha value is -2.42. The maximum atomic E-state index is 13.1. The maximum Gasteiger partial charge on any atom is 0.303 e. The molecular weight excluding hydrogens is 358 g/mol. The topological polar surface area (TPSA) is 109 Å². The summed E-state index contributed by atoms with van der Waals surface area (Å²) in [5.41, 5.74) is 0.522. The molecule has 1 fully saturated rings. The van der Waals surface area contributed by atoms with Gasteiger partial charge in [-0.1, -0.05) is 6.07 Å². The minimum absolute atomic E-state index is 0.00697. The van der Waals surface area contributed by atoms with Gasteiger partial charge in [0.15, 0.2) is 5.69 Å². The van der Waals surface area contributed by atoms with Crippen molar-refractivity contribution in [1.29, 1.82) is 0 Å². The van der Waals surface area contributed by atoms with Gasteiger partial charge in [0, 0.05) is 31.5 Å². The highest BCUT2D eigenvalue weighted by Gasteiger charge is 2.31. The number of pyridine rings is 1. The molecule has 0 bridgehead atoms. The third kappa shape index (κ3) is 3.57. The number of rotatable bonds is 5. The van der Waals surface area contributed by atoms with Crippen LogP contribution in [0.1, 0.15) is 42.6 Å². The van der Waals surface area contributed by atoms with Crippen LogP contribution in [0.15, 0.2) is 29.6 Å². The van der Waals surface area contributed by atoms with E-state index in [1.165, 1.54) is 4.40 Å². The summed E-state index contributed by atoms with van der Waals surface area (Å²) in [5, 5.41) is 8.76. The Labute approximate surface area is 151 Å². The van der Waals surface area contributed by atoms with E-state index in [1.807, 2.05) is 0 Å². The second-order valence-corrected chi connectivity index (χ2v) is 8.46. The summed E-state index contributed by atoms with van der Waals surface area (Å²) in [6.45, 7) is 0.517. The molecule has 1 amide bonds. The number of hydrogen-bond acceptors (Lipinski definition) is 5. The summed E-state index contributed by atoms with van der Waals surface area (Å²) in [7, 11) is -3.60. The van der Waals surface area contributed by atoms with Gasteiger partial charge in [0.1, 0.15) is 0 Å². The van der Waals surface area contributed by atoms with Gasteiger partial charge in [0.25, 0.3) is 5.91 Å². The lowest BCUT2D eigenvalue weighted by Gasteiger charge is -2.35. The van der Waals surface area contributed by atoms with Crippen LogP contribution in [-0.4, -0.2) is 58.5 Å². The van der Waals surface area contributed by atoms with Crippen LogP contribution in [0.3, 0.4) is 0 Å². The number of likely N-dealkylation sites (tertiary alicyclic amines) is 1. The lowest BCUT2D eigenvalue weighted by molar-refractivity contribution is -0.137. The van der Waals surface area contributed by atoms with Crippen molar-refractivity contribution < 1.29 is 23.1 Å². The second-order valence-electron chi connectivity index (χ2n) is 6.55. The molecule has 0 radical (unpaired) electrons. The van der Waals surface area contributed by atoms with E-state index in [4.69, 9.17) is 5.11 Å². The number of fused-ring (bicyclic) bond motifs is 1. The van der Waals surface area contributed by atoms with Crippen LogP contribution in [0.25, 0.3) is 5.52 Å². The van der Waals surface area contributed by atoms with Crippen molar-refractivity contribution in [2.24, 2.45) is 0 Å². The number of aromatic nitrogens is 2. The summed E-state index contributed by atoms with van der Waals surface area (Å²) in [6.07, 6.45) is 5.50. The van der Waals surface area contributed by atoms with Crippen LogP contribution in [-0.2, 0) is 14.6 Å². The molecule has 0 spiro atoms. The molecule has 0 aromatic carbocycles. The molecule has 3 heterocycles. The predicted molar refractivity (Wildman–Crippen MR) is 93.8 cm³/mol. The zero-order valence-electron chi connectivity index (χ0n) is 14.5. The first-order chi connectivity index (χ1) is 12.3. The van der Waals surface area contributed by atoms with Crippen LogP contribution in [0.4, 0.5) is 0 Å². The highest BCUT2D eigenvalue weighted by molar-refractivity contribution is 7.90. The van der Waals surface area contributed by atoms with Crippen molar-refractivity contribution in [1.82, 2.24) is 14.3 Å². The number of nitrogens with zero attached hydrogens (tertiary/aromatic N) is 3. The zero-order valence-corrected chi connectivity index (χ0v) is 15.3. The quantitative estimate of drug-likeness (QED) is 0.845. The lowest BCUT2D eigenvalue weighted by Crippen LogP contribution is -2.44. The number of carbonyl (C=O) groups excluding carboxylic acids is 1. The fourth-order valence-electron chi connectivity index (χ4n) is 3.42. The van der Waals surface area contributed by atoms with Crippen molar-refractivity contribution >= 4 is 27.2 Å². The summed E-state index contributed by atoms with van der Waals surface area (Å²) in [5.74, 6) is -1.24. The van der Waals surface area contributed by atoms with Crippen molar-refractivity contribution in [3.05, 3.63) is 30.1 Å². The number of carboxylic acids is 1. The second kappa shape index (κ2) is 7.06. The molecule has 2 aromatic rings. The lowest BCUT2D eigenvalue weighted by atomic mass is 9.97. The number of amides is 1. The molecule has 0 aliphatic carbocycles. The van der Waals surface area contributed by atoms with Crippen LogP contribution >= 0.6 is 0 Å². The highest BCUT2D eigenvalue weighted by Crippen LogP contribution is 2.25. The van der Waals surface area contributed by atoms with Gasteiger partial charge in [-0.25, -0.2) is 13.4 Å². The van der Waals surface area contributed by atoms with Gasteiger partial charge in [-0.2, -0.15) is 0 Å². The molecule has 3 rings (SSSR count). The number of carbonyl (C=O) groups is 2. The van der Waals surface area contributed by atoms with E-state index >= 15 is 0 Å². The Kier molecular flexibility index (Phi) is 4.99. The molecule has 9 heteroatoms. The van der Waals surface area contributed by atoms with Crippen molar-refractivity contribution in [3.63, 3.8) is 0 Å². The smallest absolute Gasteiger partial charge is 0.303 e. The normalized spacial score (nSPS) is 18.2. The maximum absolute atomic E-state index is 13.1. The van der Waals surface area contributed by atoms with E-state index in [-0.39, 0.29) is 29.2 Å². The van der Waals surface area contributed by atoms with Crippen LogP contribution < -0.4 is 0 Å². The molecule has 8 nitrogen and oxygen atoms in total. The molecular formula is C17H21N3O5S. The van der Waals surface area contributed by atoms with E-state index in [0.29, 0.717) is 18.5 Å². The van der Waals surface area contributed by atoms with Gasteiger partial charge < -0.3 is 10.0 Å². The van der Waals surface area contributed by atoms with E-state index in [9.17, 15) is 18.0 Å². The molecule has 140 valence electrons. The van der Waals surface area contributed by atoms with Gasteiger partial charge in [-0.15, -0.1) is 0 Å². The fourth-order valence-corrected chi connectivity index (χ4v) is 4.20. The van der Waals surface area contributed by atoms with E-state index in [1.54, 1.807) is 29.3 Å². The Morgan fingerprint density at radius 2 is 2.08 bits per heavy atom. The van der Waals surface area contributed by atoms with Gasteiger partial charge in [-0.3, -0.25) is 14.0 Å². The van der Waals surface area contributed by atoms with Crippen LogP contribution in [0.2, 0.25) is 0 Å². The summed E-state index contributed by atoms with van der Waals surface area (Å²) in [6, 6.07) is 4.88. The number of piperidine rings is 1. The predicted octanol–water partition coefficient (Wildman–Crippen LogP) is 1.60. The molecule has 1 aliphatic rings. The molecule has 0 saturated carbocycles. The summed E-state index contributed by atoms with van der Waals surface area (Å²) < 4.78 is 25.5. The van der Waals surface area contributed by atoms with Gasteiger partial charge in [0.05, 0.1) is 5.52 Å². The summed E-state index contributed by atoms with van der Waals surface area (Å²) >= 11 is 0. The van der Waals surface area contributed by atoms with Crippen LogP contribution in [0.5, 0.6) is 0 Å². The Morgan fingerprint density at radius 3 is 2.77 bits per heavy atom. The minimum atomic E-state index is -3.60. The molecule has 1 unspecified atom stereocenters. The third-order valence-corrected chi connectivity index (χ3v) is 5.58. The van der Waals surface area contributed by atoms with E-state index in [0.717, 1.165) is 25.5 Å². The number of aliphatic carboxylic acids is 1. The zero-order chi connectivity index (χ0) is 18.9. The SMILES string of the molecule is CS(=O)(=O)c1nc(C(=O)N2CCCCC2CCC(=O)O)c2ccccn12. The molecule has 2 aromatic heterocycles. The Morgan fingerprint density at radius 1 is 1.31 bits per heavy atom. The van der Waals surface area contributed by atoms with E-state index < -0.39 is 15.8 Å². The molecule has 1 N–H and O–H groups in total. The van der Waals surface area contributed by atoms with Gasteiger partial charge in [-0.05, 0) is 37.8 Å². The first kappa shape index (κ1) is 18.4. The number of imidazole rings is 1. The van der Waals surface area contributed by atoms with Gasteiger partial charge in [0.2, 0.25) is 15.0 Å². The standard InChI is InChI=1S/C17H21N3O5S/c1-26(24,25)17-18-15(13-7-3-5-11-20(13)17)16(23)19-10-4-2-6-12(19)8-9-14(21)22/h3,5,7,11-12H,2,4,6,8-10H2,1H3,(H,21,22). The molecule has 1 aliphatic heterocycles. The first-order valence-corrected chi connectivity index (χ1v) is 10.4. The average Bonchev–Trinajstić information content (AvgIpc) is 2.99. The van der Waals surface area contributed by atoms with Crippen LogP contribution in [0, 0.1) is 0 Å². The van der Waals surface area contributed by atoms with Gasteiger partial charge >= 0.3 is 5.97 Å². The Balaban J connectivity index is 2.00. The van der Waals surface area contributed by atoms with E-state index in [2.05, 4.69) is 4.98 Å². The largest absolute Gasteiger partial charge is 0.481 e. The first-order valence-electron chi connectivity index (χ1n) is 8.49. The third-order valence-electron chi connectivity index (χ3n) is 4.63. The van der Waals surface area contributed by atoms with Crippen molar-refractivity contribution in [2.75, 3.05) is 12.8 Å².